The minimum atomic E-state index is -1.23. The van der Waals surface area contributed by atoms with Gasteiger partial charge in [0.1, 0.15) is 41.9 Å². The summed E-state index contributed by atoms with van der Waals surface area (Å²) in [5.74, 6) is -4.83. The fourth-order valence-electron chi connectivity index (χ4n) is 6.49. The lowest BCUT2D eigenvalue weighted by Gasteiger charge is -2.26. The second-order valence-electron chi connectivity index (χ2n) is 17.3. The minimum absolute atomic E-state index is 0.0483. The summed E-state index contributed by atoms with van der Waals surface area (Å²) in [5.41, 5.74) is 6.76. The van der Waals surface area contributed by atoms with Crippen LogP contribution in [0.15, 0.2) is 43.0 Å². The van der Waals surface area contributed by atoms with Gasteiger partial charge in [-0.2, -0.15) is 11.8 Å². The first-order valence-corrected chi connectivity index (χ1v) is 22.6. The van der Waals surface area contributed by atoms with Crippen molar-refractivity contribution in [2.45, 2.75) is 123 Å². The summed E-state index contributed by atoms with van der Waals surface area (Å²) < 4.78 is 5.40. The van der Waals surface area contributed by atoms with E-state index in [1.807, 2.05) is 44.4 Å². The molecule has 2 heterocycles. The number of nitrogens with two attached hydrogens (primary N) is 1. The number of H-pyrrole nitrogens is 2. The molecule has 0 fully saturated rings. The van der Waals surface area contributed by atoms with E-state index in [1.165, 1.54) is 31.2 Å². The molecule has 0 radical (unpaired) electrons. The number of rotatable bonds is 24. The third-order valence-electron chi connectivity index (χ3n) is 9.77. The lowest BCUT2D eigenvalue weighted by atomic mass is 10.0. The topological polar surface area (TPSA) is 300 Å². The van der Waals surface area contributed by atoms with Gasteiger partial charge in [-0.15, -0.1) is 0 Å². The van der Waals surface area contributed by atoms with E-state index in [9.17, 15) is 38.4 Å². The number of hydrogen-bond acceptors (Lipinski definition) is 11. The number of thioether (sulfide) groups is 1. The number of aromatic amines is 2. The number of nitrogens with one attached hydrogen (secondary N) is 9. The van der Waals surface area contributed by atoms with E-state index in [4.69, 9.17) is 10.5 Å². The first-order valence-electron chi connectivity index (χ1n) is 21.2. The van der Waals surface area contributed by atoms with Crippen LogP contribution in [0.25, 0.3) is 10.9 Å². The highest BCUT2D eigenvalue weighted by Gasteiger charge is 2.33. The van der Waals surface area contributed by atoms with Crippen LogP contribution in [-0.2, 0) is 51.1 Å². The molecule has 64 heavy (non-hydrogen) atoms. The van der Waals surface area contributed by atoms with E-state index in [1.54, 1.807) is 40.8 Å². The zero-order chi connectivity index (χ0) is 47.7. The van der Waals surface area contributed by atoms with Crippen molar-refractivity contribution in [2.24, 2.45) is 17.6 Å². The summed E-state index contributed by atoms with van der Waals surface area (Å²) in [6, 6.07) is 0.749. The highest BCUT2D eigenvalue weighted by molar-refractivity contribution is 7.98. The van der Waals surface area contributed by atoms with Gasteiger partial charge in [-0.25, -0.2) is 9.78 Å². The molecule has 2 aromatic heterocycles. The monoisotopic (exact) mass is 911 g/mol. The van der Waals surface area contributed by atoms with Crippen molar-refractivity contribution in [1.82, 2.24) is 52.2 Å². The van der Waals surface area contributed by atoms with Crippen molar-refractivity contribution in [3.63, 3.8) is 0 Å². The van der Waals surface area contributed by atoms with Gasteiger partial charge in [0.05, 0.1) is 12.9 Å². The van der Waals surface area contributed by atoms with Gasteiger partial charge in [-0.05, 0) is 76.0 Å². The van der Waals surface area contributed by atoms with Gasteiger partial charge in [0, 0.05) is 41.8 Å². The van der Waals surface area contributed by atoms with Crippen molar-refractivity contribution in [2.75, 3.05) is 18.6 Å². The Kier molecular flexibility index (Phi) is 20.1. The average molecular weight is 912 g/mol. The molecular formula is C43H65N11O9S. The maximum Gasteiger partial charge on any atom is 0.408 e. The number of carbonyl (C=O) groups is 8. The van der Waals surface area contributed by atoms with E-state index in [-0.39, 0.29) is 25.2 Å². The van der Waals surface area contributed by atoms with Gasteiger partial charge in [-0.3, -0.25) is 33.6 Å². The molecule has 0 aliphatic carbocycles. The number of ether oxygens (including phenoxy) is 1. The number of carbonyl (C=O) groups excluding carboxylic acids is 8. The van der Waals surface area contributed by atoms with Crippen LogP contribution in [0.1, 0.15) is 79.5 Å². The number of primary amides is 1. The highest BCUT2D eigenvalue weighted by atomic mass is 32.2. The summed E-state index contributed by atoms with van der Waals surface area (Å²) in [6.45, 7) is 13.0. The van der Waals surface area contributed by atoms with Gasteiger partial charge in [0.15, 0.2) is 0 Å². The molecule has 6 atom stereocenters. The Morgan fingerprint density at radius 2 is 1.41 bits per heavy atom. The largest absolute Gasteiger partial charge is 0.444 e. The summed E-state index contributed by atoms with van der Waals surface area (Å²) in [6.07, 6.45) is 6.16. The van der Waals surface area contributed by atoms with Crippen LogP contribution >= 0.6 is 11.8 Å². The number of hydrogen-bond donors (Lipinski definition) is 10. The molecule has 11 N–H and O–H groups in total. The second-order valence-corrected chi connectivity index (χ2v) is 18.3. The SMILES string of the molecule is CSCC[C@H](NC(=O)[C@H](CC(C)C)NC(=O)[C@H](Cc1cnc[nH]1)NC(=O)CNC(=O)[C@@H](NC(=O)[C@H](C)NC(=O)[C@H](Cc1c[nH]c2ccccc12)NC(=O)OC(C)(C)C)C(C)C)C(N)=O. The van der Waals surface area contributed by atoms with Crippen molar-refractivity contribution in [3.8, 4) is 0 Å². The minimum Gasteiger partial charge on any atom is -0.444 e. The number of imidazole rings is 1. The number of alkyl carbamates (subject to hydrolysis) is 1. The molecule has 20 nitrogen and oxygen atoms in total. The molecule has 352 valence electrons. The van der Waals surface area contributed by atoms with Crippen LogP contribution < -0.4 is 43.0 Å². The fraction of sp³-hybridized carbons (Fsp3) is 0.558. The second kappa shape index (κ2) is 24.7. The maximum absolute atomic E-state index is 13.7. The average Bonchev–Trinajstić information content (AvgIpc) is 3.88. The number of fused-ring (bicyclic) bond motifs is 1. The Bertz CT molecular complexity index is 2070. The normalized spacial score (nSPS) is 14.3. The molecule has 0 saturated heterocycles. The summed E-state index contributed by atoms with van der Waals surface area (Å²) in [4.78, 5) is 116. The first-order chi connectivity index (χ1) is 30.1. The molecule has 1 aromatic carbocycles. The van der Waals surface area contributed by atoms with Crippen LogP contribution in [0.4, 0.5) is 4.79 Å². The standard InChI is InChI=1S/C43H65N11O9S/c1-23(2)16-31(39(59)51-30(36(44)56)14-15-64-9)52-40(60)33(18-27-20-45-22-48-27)50-34(55)21-47-41(61)35(24(3)4)54-37(57)25(5)49-38(58)32(53-42(62)63-43(6,7)8)17-26-19-46-29-13-11-10-12-28(26)29/h10-13,19-20,22-25,30-33,35,46H,14-18,21H2,1-9H3,(H2,44,56)(H,45,48)(H,47,61)(H,49,58)(H,50,55)(H,51,59)(H,52,60)(H,53,62)(H,54,57)/t25-,30-,31-,32-,33-,35-/m0/s1. The maximum atomic E-state index is 13.7. The number of benzene rings is 1. The Morgan fingerprint density at radius 3 is 2.02 bits per heavy atom. The third kappa shape index (κ3) is 17.2. The molecule has 0 spiro atoms. The first kappa shape index (κ1) is 52.2. The van der Waals surface area contributed by atoms with E-state index in [0.29, 0.717) is 17.9 Å². The molecule has 3 aromatic rings. The van der Waals surface area contributed by atoms with E-state index >= 15 is 0 Å². The van der Waals surface area contributed by atoms with Gasteiger partial charge in [-0.1, -0.05) is 45.9 Å². The number of aromatic nitrogens is 3. The molecule has 3 rings (SSSR count). The number of nitrogens with zero attached hydrogens (tertiary/aromatic N) is 1. The summed E-state index contributed by atoms with van der Waals surface area (Å²) >= 11 is 1.48. The van der Waals surface area contributed by atoms with Crippen LogP contribution in [-0.4, -0.2) is 123 Å². The lowest BCUT2D eigenvalue weighted by Crippen LogP contribution is -2.59. The summed E-state index contributed by atoms with van der Waals surface area (Å²) in [5, 5.41) is 19.2. The zero-order valence-electron chi connectivity index (χ0n) is 38.0. The van der Waals surface area contributed by atoms with E-state index < -0.39 is 102 Å². The molecule has 0 saturated carbocycles. The molecule has 21 heteroatoms. The van der Waals surface area contributed by atoms with Crippen LogP contribution in [0.2, 0.25) is 0 Å². The Balaban J connectivity index is 1.67. The Labute approximate surface area is 377 Å². The van der Waals surface area contributed by atoms with E-state index in [2.05, 4.69) is 52.2 Å². The number of amides is 8. The van der Waals surface area contributed by atoms with Crippen LogP contribution in [0.3, 0.4) is 0 Å². The van der Waals surface area contributed by atoms with Crippen molar-refractivity contribution < 1.29 is 43.1 Å². The van der Waals surface area contributed by atoms with Crippen molar-refractivity contribution in [1.29, 1.82) is 0 Å². The van der Waals surface area contributed by atoms with Gasteiger partial charge >= 0.3 is 6.09 Å². The molecule has 0 unspecified atom stereocenters. The van der Waals surface area contributed by atoms with Gasteiger partial charge in [0.2, 0.25) is 41.4 Å². The Morgan fingerprint density at radius 1 is 0.766 bits per heavy atom. The van der Waals surface area contributed by atoms with Crippen molar-refractivity contribution in [3.05, 3.63) is 54.2 Å². The molecule has 0 aliphatic heterocycles. The van der Waals surface area contributed by atoms with E-state index in [0.717, 1.165) is 16.5 Å². The third-order valence-corrected chi connectivity index (χ3v) is 10.4. The zero-order valence-corrected chi connectivity index (χ0v) is 38.8. The van der Waals surface area contributed by atoms with Crippen LogP contribution in [0, 0.1) is 11.8 Å². The van der Waals surface area contributed by atoms with Crippen LogP contribution in [0.5, 0.6) is 0 Å². The smallest absolute Gasteiger partial charge is 0.408 e. The molecule has 0 aliphatic rings. The quantitative estimate of drug-likeness (QED) is 0.0607. The molecule has 0 bridgehead atoms. The highest BCUT2D eigenvalue weighted by Crippen LogP contribution is 2.20. The number of para-hydroxylation sites is 1. The predicted octanol–water partition coefficient (Wildman–Crippen LogP) is 1.07. The van der Waals surface area contributed by atoms with Gasteiger partial charge in [0.25, 0.3) is 0 Å². The van der Waals surface area contributed by atoms with Gasteiger partial charge < -0.3 is 57.7 Å². The molecular weight excluding hydrogens is 847 g/mol. The predicted molar refractivity (Wildman–Crippen MR) is 242 cm³/mol. The Hall–Kier alpha value is -6.12. The van der Waals surface area contributed by atoms with Crippen molar-refractivity contribution >= 4 is 70.1 Å². The lowest BCUT2D eigenvalue weighted by molar-refractivity contribution is -0.134. The fourth-order valence-corrected chi connectivity index (χ4v) is 6.96. The molecule has 8 amide bonds. The summed E-state index contributed by atoms with van der Waals surface area (Å²) in [7, 11) is 0.